The third kappa shape index (κ3) is 2.73. The molecular weight excluding hydrogens is 373 g/mol. The monoisotopic (exact) mass is 383 g/mol. The Hall–Kier alpha value is -0.940. The van der Waals surface area contributed by atoms with Crippen LogP contribution in [0.1, 0.15) is 17.2 Å². The maximum atomic E-state index is 14.3. The van der Waals surface area contributed by atoms with E-state index in [1.165, 1.54) is 10.8 Å². The number of rotatable bonds is 3. The Labute approximate surface area is 139 Å². The van der Waals surface area contributed by atoms with Crippen molar-refractivity contribution in [3.63, 3.8) is 0 Å². The van der Waals surface area contributed by atoms with Crippen LogP contribution in [0.2, 0.25) is 5.02 Å². The Morgan fingerprint density at radius 1 is 1.24 bits per heavy atom. The fourth-order valence-electron chi connectivity index (χ4n) is 2.46. The Bertz CT molecular complexity index is 802. The van der Waals surface area contributed by atoms with Gasteiger partial charge in [0, 0.05) is 14.7 Å². The molecule has 0 aliphatic rings. The van der Waals surface area contributed by atoms with Crippen LogP contribution in [-0.4, -0.2) is 7.05 Å². The third-order valence-electron chi connectivity index (χ3n) is 3.46. The topological polar surface area (TPSA) is 12.0 Å². The summed E-state index contributed by atoms with van der Waals surface area (Å²) >= 11 is 11.0. The summed E-state index contributed by atoms with van der Waals surface area (Å²) in [7, 11) is 1.83. The lowest BCUT2D eigenvalue weighted by atomic mass is 9.98. The smallest absolute Gasteiger partial charge is 0.129 e. The molecule has 1 atom stereocenters. The number of benzene rings is 2. The number of fused-ring (bicyclic) bond motifs is 1. The van der Waals surface area contributed by atoms with E-state index in [1.807, 2.05) is 19.2 Å². The lowest BCUT2D eigenvalue weighted by molar-refractivity contribution is 0.577. The van der Waals surface area contributed by atoms with Gasteiger partial charge in [-0.2, -0.15) is 0 Å². The van der Waals surface area contributed by atoms with Gasteiger partial charge in [-0.05, 0) is 57.5 Å². The molecule has 0 saturated heterocycles. The molecular formula is C16H12BrClFNS. The number of hydrogen-bond donors (Lipinski definition) is 1. The molecule has 0 amide bonds. The Balaban J connectivity index is 2.17. The molecule has 0 aliphatic heterocycles. The van der Waals surface area contributed by atoms with Gasteiger partial charge in [0.1, 0.15) is 5.82 Å². The molecule has 2 aromatic carbocycles. The summed E-state index contributed by atoms with van der Waals surface area (Å²) in [5.74, 6) is -0.277. The van der Waals surface area contributed by atoms with Crippen molar-refractivity contribution in [3.8, 4) is 0 Å². The average Bonchev–Trinajstić information content (AvgIpc) is 2.89. The van der Waals surface area contributed by atoms with Crippen LogP contribution in [0.4, 0.5) is 4.39 Å². The minimum Gasteiger partial charge on any atom is -0.309 e. The largest absolute Gasteiger partial charge is 0.309 e. The SMILES string of the molecule is CNC(c1cc(Cl)c(Br)cc1F)c1csc2ccccc12. The summed E-state index contributed by atoms with van der Waals surface area (Å²) in [5.41, 5.74) is 1.62. The molecule has 1 aromatic heterocycles. The normalized spacial score (nSPS) is 12.8. The first-order chi connectivity index (χ1) is 10.1. The Kier molecular flexibility index (Phi) is 4.31. The average molecular weight is 385 g/mol. The molecule has 0 saturated carbocycles. The first kappa shape index (κ1) is 15.0. The standard InChI is InChI=1S/C16H12BrClFNS/c1-20-16(10-6-13(18)12(17)7-14(10)19)11-8-21-15-5-3-2-4-9(11)15/h2-8,16,20H,1H3. The molecule has 1 heterocycles. The van der Waals surface area contributed by atoms with Crippen molar-refractivity contribution in [3.05, 3.63) is 68.2 Å². The fraction of sp³-hybridized carbons (Fsp3) is 0.125. The zero-order valence-corrected chi connectivity index (χ0v) is 14.3. The van der Waals surface area contributed by atoms with Gasteiger partial charge in [0.05, 0.1) is 11.1 Å². The maximum Gasteiger partial charge on any atom is 0.129 e. The van der Waals surface area contributed by atoms with Crippen LogP contribution in [0.25, 0.3) is 10.1 Å². The molecule has 0 aliphatic carbocycles. The van der Waals surface area contributed by atoms with Gasteiger partial charge in [-0.1, -0.05) is 29.8 Å². The Morgan fingerprint density at radius 2 is 2.00 bits per heavy atom. The number of hydrogen-bond acceptors (Lipinski definition) is 2. The Morgan fingerprint density at radius 3 is 2.76 bits per heavy atom. The minimum atomic E-state index is -0.277. The summed E-state index contributed by atoms with van der Waals surface area (Å²) in [4.78, 5) is 0. The van der Waals surface area contributed by atoms with E-state index < -0.39 is 0 Å². The molecule has 5 heteroatoms. The van der Waals surface area contributed by atoms with Gasteiger partial charge in [-0.25, -0.2) is 4.39 Å². The highest BCUT2D eigenvalue weighted by molar-refractivity contribution is 9.10. The molecule has 1 unspecified atom stereocenters. The maximum absolute atomic E-state index is 14.3. The van der Waals surface area contributed by atoms with Crippen molar-refractivity contribution < 1.29 is 4.39 Å². The van der Waals surface area contributed by atoms with Crippen LogP contribution in [0.3, 0.4) is 0 Å². The highest BCUT2D eigenvalue weighted by atomic mass is 79.9. The van der Waals surface area contributed by atoms with Crippen molar-refractivity contribution in [2.75, 3.05) is 7.05 Å². The fourth-order valence-corrected chi connectivity index (χ4v) is 3.93. The van der Waals surface area contributed by atoms with Crippen LogP contribution in [0.5, 0.6) is 0 Å². The third-order valence-corrected chi connectivity index (χ3v) is 5.64. The molecule has 0 bridgehead atoms. The zero-order chi connectivity index (χ0) is 15.0. The van der Waals surface area contributed by atoms with Crippen LogP contribution in [-0.2, 0) is 0 Å². The van der Waals surface area contributed by atoms with Gasteiger partial charge in [0.15, 0.2) is 0 Å². The quantitative estimate of drug-likeness (QED) is 0.566. The molecule has 1 nitrogen and oxygen atoms in total. The lowest BCUT2D eigenvalue weighted by Gasteiger charge is -2.18. The summed E-state index contributed by atoms with van der Waals surface area (Å²) in [5, 5.41) is 6.91. The van der Waals surface area contributed by atoms with E-state index in [4.69, 9.17) is 11.6 Å². The molecule has 3 aromatic rings. The van der Waals surface area contributed by atoms with Gasteiger partial charge >= 0.3 is 0 Å². The molecule has 21 heavy (non-hydrogen) atoms. The first-order valence-electron chi connectivity index (χ1n) is 6.39. The van der Waals surface area contributed by atoms with E-state index in [-0.39, 0.29) is 11.9 Å². The molecule has 1 N–H and O–H groups in total. The molecule has 3 rings (SSSR count). The highest BCUT2D eigenvalue weighted by Gasteiger charge is 2.20. The lowest BCUT2D eigenvalue weighted by Crippen LogP contribution is -2.18. The van der Waals surface area contributed by atoms with Gasteiger partial charge in [0.25, 0.3) is 0 Å². The van der Waals surface area contributed by atoms with Crippen molar-refractivity contribution in [1.29, 1.82) is 0 Å². The minimum absolute atomic E-state index is 0.230. The van der Waals surface area contributed by atoms with E-state index in [0.717, 1.165) is 10.9 Å². The van der Waals surface area contributed by atoms with Crippen molar-refractivity contribution in [1.82, 2.24) is 5.32 Å². The second-order valence-electron chi connectivity index (χ2n) is 4.70. The number of thiophene rings is 1. The van der Waals surface area contributed by atoms with E-state index in [9.17, 15) is 4.39 Å². The van der Waals surface area contributed by atoms with E-state index in [2.05, 4.69) is 38.8 Å². The zero-order valence-electron chi connectivity index (χ0n) is 11.2. The second-order valence-corrected chi connectivity index (χ2v) is 6.87. The van der Waals surface area contributed by atoms with Crippen LogP contribution in [0, 0.1) is 5.82 Å². The summed E-state index contributed by atoms with van der Waals surface area (Å²) in [6.45, 7) is 0. The number of halogens is 3. The van der Waals surface area contributed by atoms with Crippen molar-refractivity contribution in [2.45, 2.75) is 6.04 Å². The summed E-state index contributed by atoms with van der Waals surface area (Å²) in [6.07, 6.45) is 0. The van der Waals surface area contributed by atoms with Crippen LogP contribution < -0.4 is 5.32 Å². The van der Waals surface area contributed by atoms with Crippen molar-refractivity contribution in [2.24, 2.45) is 0 Å². The number of nitrogens with one attached hydrogen (secondary N) is 1. The van der Waals surface area contributed by atoms with Crippen LogP contribution >= 0.6 is 38.9 Å². The van der Waals surface area contributed by atoms with E-state index in [1.54, 1.807) is 17.4 Å². The van der Waals surface area contributed by atoms with E-state index >= 15 is 0 Å². The predicted octanol–water partition coefficient (Wildman–Crippen LogP) is 5.77. The predicted molar refractivity (Wildman–Crippen MR) is 91.8 cm³/mol. The van der Waals surface area contributed by atoms with Gasteiger partial charge in [-0.15, -0.1) is 11.3 Å². The first-order valence-corrected chi connectivity index (χ1v) is 8.44. The molecule has 0 spiro atoms. The van der Waals surface area contributed by atoms with Crippen molar-refractivity contribution >= 4 is 49.0 Å². The molecule has 0 fully saturated rings. The highest BCUT2D eigenvalue weighted by Crippen LogP contribution is 2.36. The molecule has 108 valence electrons. The van der Waals surface area contributed by atoms with E-state index in [0.29, 0.717) is 15.1 Å². The molecule has 0 radical (unpaired) electrons. The van der Waals surface area contributed by atoms with Gasteiger partial charge < -0.3 is 5.32 Å². The van der Waals surface area contributed by atoms with Gasteiger partial charge in [0.2, 0.25) is 0 Å². The summed E-state index contributed by atoms with van der Waals surface area (Å²) in [6, 6.07) is 11.0. The van der Waals surface area contributed by atoms with Gasteiger partial charge in [-0.3, -0.25) is 0 Å². The summed E-state index contributed by atoms with van der Waals surface area (Å²) < 4.78 is 16.1. The second kappa shape index (κ2) is 6.05. The van der Waals surface area contributed by atoms with Crippen LogP contribution in [0.15, 0.2) is 46.3 Å².